The molecule has 0 unspecified atom stereocenters. The van der Waals surface area contributed by atoms with Gasteiger partial charge in [0.2, 0.25) is 0 Å². The molecule has 0 bridgehead atoms. The molecule has 0 spiro atoms. The second-order valence-corrected chi connectivity index (χ2v) is 19.2. The lowest BCUT2D eigenvalue weighted by atomic mass is 9.67. The summed E-state index contributed by atoms with van der Waals surface area (Å²) in [6, 6.07) is 101. The molecule has 1 aliphatic carbocycles. The maximum Gasteiger partial charge on any atom is 0.160 e. The molecule has 2 heteroatoms. The smallest absolute Gasteiger partial charge is 0.160 e. The summed E-state index contributed by atoms with van der Waals surface area (Å²) in [5.74, 6) is 0.696. The van der Waals surface area contributed by atoms with E-state index < -0.39 is 5.41 Å². The van der Waals surface area contributed by atoms with Gasteiger partial charge in [-0.2, -0.15) is 0 Å². The Morgan fingerprint density at radius 1 is 0.247 bits per heavy atom. The van der Waals surface area contributed by atoms with Crippen molar-refractivity contribution < 1.29 is 0 Å². The lowest BCUT2D eigenvalue weighted by Crippen LogP contribution is -2.28. The standard InChI is InChI=1S/C71H46N2/c1-4-18-54(19-5-1)70-72-66(46-67(73-70)62-28-16-30-65-69(62)61-27-14-15-29-64(61)71(65,56-21-6-2-7-22-56)57-23-8-3-9-24-57)52-39-35-49(36-40-52)47-31-33-48(34-32-47)50-37-41-53(42-38-50)68-59-26-13-11-20-55(59)45-63-58-25-12-10-17-51(58)43-44-60(63)68/h1-46H. The third-order valence-corrected chi connectivity index (χ3v) is 15.2. The number of hydrogen-bond acceptors (Lipinski definition) is 2. The molecule has 12 aromatic carbocycles. The van der Waals surface area contributed by atoms with Gasteiger partial charge >= 0.3 is 0 Å². The monoisotopic (exact) mass is 926 g/mol. The average molecular weight is 927 g/mol. The molecule has 1 aliphatic rings. The summed E-state index contributed by atoms with van der Waals surface area (Å²) in [5.41, 5.74) is 18.9. The first-order valence-corrected chi connectivity index (χ1v) is 25.1. The van der Waals surface area contributed by atoms with E-state index in [-0.39, 0.29) is 0 Å². The minimum atomic E-state index is -0.509. The van der Waals surface area contributed by atoms with Crippen molar-refractivity contribution in [1.82, 2.24) is 9.97 Å². The highest BCUT2D eigenvalue weighted by atomic mass is 14.9. The van der Waals surface area contributed by atoms with Gasteiger partial charge in [0.25, 0.3) is 0 Å². The number of hydrogen-bond donors (Lipinski definition) is 0. The molecule has 0 amide bonds. The zero-order valence-corrected chi connectivity index (χ0v) is 40.0. The van der Waals surface area contributed by atoms with E-state index in [0.717, 1.165) is 39.2 Å². The predicted molar refractivity (Wildman–Crippen MR) is 304 cm³/mol. The molecule has 0 fully saturated rings. The van der Waals surface area contributed by atoms with Crippen molar-refractivity contribution >= 4 is 32.3 Å². The molecule has 0 atom stereocenters. The van der Waals surface area contributed by atoms with Gasteiger partial charge in [-0.15, -0.1) is 0 Å². The van der Waals surface area contributed by atoms with Crippen molar-refractivity contribution in [3.05, 3.63) is 301 Å². The van der Waals surface area contributed by atoms with Crippen LogP contribution in [0.2, 0.25) is 0 Å². The van der Waals surface area contributed by atoms with Crippen LogP contribution in [0, 0.1) is 0 Å². The van der Waals surface area contributed by atoms with Crippen LogP contribution >= 0.6 is 0 Å². The van der Waals surface area contributed by atoms with Crippen LogP contribution in [0.3, 0.4) is 0 Å². The van der Waals surface area contributed by atoms with Gasteiger partial charge < -0.3 is 0 Å². The van der Waals surface area contributed by atoms with E-state index in [1.807, 2.05) is 6.07 Å². The Morgan fingerprint density at radius 2 is 0.740 bits per heavy atom. The van der Waals surface area contributed by atoms with Gasteiger partial charge in [-0.05, 0) is 111 Å². The van der Waals surface area contributed by atoms with E-state index >= 15 is 0 Å². The maximum absolute atomic E-state index is 5.38. The van der Waals surface area contributed by atoms with Crippen LogP contribution in [-0.4, -0.2) is 9.97 Å². The maximum atomic E-state index is 5.38. The minimum absolute atomic E-state index is 0.509. The molecule has 1 aromatic heterocycles. The highest BCUT2D eigenvalue weighted by Crippen LogP contribution is 2.58. The lowest BCUT2D eigenvalue weighted by Gasteiger charge is -2.33. The second-order valence-electron chi connectivity index (χ2n) is 19.2. The minimum Gasteiger partial charge on any atom is -0.228 e. The van der Waals surface area contributed by atoms with Crippen LogP contribution < -0.4 is 0 Å². The van der Waals surface area contributed by atoms with Crippen molar-refractivity contribution in [2.75, 3.05) is 0 Å². The van der Waals surface area contributed by atoms with Crippen molar-refractivity contribution in [2.45, 2.75) is 5.41 Å². The lowest BCUT2D eigenvalue weighted by molar-refractivity contribution is 0.768. The van der Waals surface area contributed by atoms with Crippen molar-refractivity contribution in [1.29, 1.82) is 0 Å². The third kappa shape index (κ3) is 7.02. The van der Waals surface area contributed by atoms with Gasteiger partial charge in [-0.1, -0.05) is 267 Å². The summed E-state index contributed by atoms with van der Waals surface area (Å²) >= 11 is 0. The zero-order valence-electron chi connectivity index (χ0n) is 40.0. The molecule has 0 saturated heterocycles. The Kier molecular flexibility index (Phi) is 10.1. The van der Waals surface area contributed by atoms with Gasteiger partial charge in [0.1, 0.15) is 0 Å². The SMILES string of the molecule is c1ccc(-c2nc(-c3ccc(-c4ccc(-c5ccc(-c6c7ccccc7cc7c6ccc6ccccc67)cc5)cc4)cc3)cc(-c3cccc4c3-c3ccccc3C4(c3ccccc3)c3ccccc3)n2)cc1. The number of aromatic nitrogens is 2. The van der Waals surface area contributed by atoms with Gasteiger partial charge in [0, 0.05) is 16.7 Å². The molecule has 73 heavy (non-hydrogen) atoms. The number of fused-ring (bicyclic) bond motifs is 7. The molecule has 13 aromatic rings. The fourth-order valence-electron chi connectivity index (χ4n) is 11.8. The van der Waals surface area contributed by atoms with E-state index in [1.54, 1.807) is 0 Å². The average Bonchev–Trinajstić information content (AvgIpc) is 3.84. The van der Waals surface area contributed by atoms with Crippen LogP contribution in [0.4, 0.5) is 0 Å². The highest BCUT2D eigenvalue weighted by Gasteiger charge is 2.46. The summed E-state index contributed by atoms with van der Waals surface area (Å²) < 4.78 is 0. The highest BCUT2D eigenvalue weighted by molar-refractivity contribution is 6.20. The van der Waals surface area contributed by atoms with Crippen LogP contribution in [0.25, 0.3) is 111 Å². The van der Waals surface area contributed by atoms with Gasteiger partial charge in [-0.25, -0.2) is 9.97 Å². The number of rotatable bonds is 8. The Balaban J connectivity index is 0.810. The normalized spacial score (nSPS) is 12.5. The largest absolute Gasteiger partial charge is 0.228 e. The summed E-state index contributed by atoms with van der Waals surface area (Å²) in [4.78, 5) is 10.6. The summed E-state index contributed by atoms with van der Waals surface area (Å²) in [5, 5.41) is 7.63. The molecular weight excluding hydrogens is 881 g/mol. The molecule has 340 valence electrons. The van der Waals surface area contributed by atoms with E-state index in [9.17, 15) is 0 Å². The first-order chi connectivity index (χ1) is 36.2. The van der Waals surface area contributed by atoms with Crippen LogP contribution in [0.15, 0.2) is 279 Å². The predicted octanol–water partition coefficient (Wildman–Crippen LogP) is 18.3. The second kappa shape index (κ2) is 17.4. The molecule has 2 nitrogen and oxygen atoms in total. The fourth-order valence-corrected chi connectivity index (χ4v) is 11.8. The molecule has 0 saturated carbocycles. The summed E-state index contributed by atoms with van der Waals surface area (Å²) in [6.07, 6.45) is 0. The van der Waals surface area contributed by atoms with Crippen LogP contribution in [0.5, 0.6) is 0 Å². The summed E-state index contributed by atoms with van der Waals surface area (Å²) in [7, 11) is 0. The molecule has 0 radical (unpaired) electrons. The first-order valence-electron chi connectivity index (χ1n) is 25.1. The first kappa shape index (κ1) is 42.4. The Labute approximate surface area is 425 Å². The number of nitrogens with zero attached hydrogens (tertiary/aromatic N) is 2. The Bertz CT molecular complexity index is 4160. The fraction of sp³-hybridized carbons (Fsp3) is 0.0141. The third-order valence-electron chi connectivity index (χ3n) is 15.2. The number of benzene rings is 12. The Morgan fingerprint density at radius 3 is 1.40 bits per heavy atom. The van der Waals surface area contributed by atoms with E-state index in [4.69, 9.17) is 9.97 Å². The van der Waals surface area contributed by atoms with Gasteiger partial charge in [0.15, 0.2) is 5.82 Å². The summed E-state index contributed by atoms with van der Waals surface area (Å²) in [6.45, 7) is 0. The zero-order chi connectivity index (χ0) is 48.3. The molecule has 0 N–H and O–H groups in total. The van der Waals surface area contributed by atoms with E-state index in [2.05, 4.69) is 273 Å². The van der Waals surface area contributed by atoms with Crippen LogP contribution in [-0.2, 0) is 5.41 Å². The van der Waals surface area contributed by atoms with Gasteiger partial charge in [0.05, 0.1) is 16.8 Å². The van der Waals surface area contributed by atoms with E-state index in [0.29, 0.717) is 5.82 Å². The quantitative estimate of drug-likeness (QED) is 0.112. The Hall–Kier alpha value is -9.50. The van der Waals surface area contributed by atoms with Crippen molar-refractivity contribution in [3.8, 4) is 78.4 Å². The van der Waals surface area contributed by atoms with E-state index in [1.165, 1.54) is 88.0 Å². The topological polar surface area (TPSA) is 25.8 Å². The van der Waals surface area contributed by atoms with Crippen LogP contribution in [0.1, 0.15) is 22.3 Å². The van der Waals surface area contributed by atoms with Gasteiger partial charge in [-0.3, -0.25) is 0 Å². The molecular formula is C71H46N2. The molecule has 1 heterocycles. The van der Waals surface area contributed by atoms with Crippen molar-refractivity contribution in [2.24, 2.45) is 0 Å². The van der Waals surface area contributed by atoms with Crippen molar-refractivity contribution in [3.63, 3.8) is 0 Å². The molecule has 14 rings (SSSR count). The molecule has 0 aliphatic heterocycles.